The van der Waals surface area contributed by atoms with Gasteiger partial charge < -0.3 is 29.9 Å². The second-order valence-corrected chi connectivity index (χ2v) is 8.54. The first-order valence-corrected chi connectivity index (χ1v) is 11.0. The van der Waals surface area contributed by atoms with Crippen molar-refractivity contribution in [1.29, 1.82) is 0 Å². The second-order valence-electron chi connectivity index (χ2n) is 8.54. The molecule has 1 aliphatic rings. The van der Waals surface area contributed by atoms with Crippen LogP contribution >= 0.6 is 0 Å². The molecule has 6 heteroatoms. The molecule has 0 aliphatic carbocycles. The molecule has 0 radical (unpaired) electrons. The average molecular weight is 451 g/mol. The van der Waals surface area contributed by atoms with Crippen molar-refractivity contribution in [1.82, 2.24) is 0 Å². The van der Waals surface area contributed by atoms with Crippen LogP contribution in [-0.4, -0.2) is 58.6 Å². The van der Waals surface area contributed by atoms with Gasteiger partial charge in [0.25, 0.3) is 0 Å². The minimum Gasteiger partial charge on any atom is -0.497 e. The van der Waals surface area contributed by atoms with E-state index in [4.69, 9.17) is 9.47 Å². The van der Waals surface area contributed by atoms with E-state index in [9.17, 15) is 20.4 Å². The zero-order valence-electron chi connectivity index (χ0n) is 18.8. The first kappa shape index (κ1) is 23.4. The average Bonchev–Trinajstić information content (AvgIpc) is 2.85. The third-order valence-electron chi connectivity index (χ3n) is 6.37. The van der Waals surface area contributed by atoms with Gasteiger partial charge in [-0.1, -0.05) is 54.6 Å². The number of hydrogen-bond acceptors (Lipinski definition) is 6. The van der Waals surface area contributed by atoms with Crippen LogP contribution in [0.15, 0.2) is 66.7 Å². The third kappa shape index (κ3) is 4.95. The summed E-state index contributed by atoms with van der Waals surface area (Å²) in [4.78, 5) is 0. The number of aliphatic hydroxyl groups is 4. The molecule has 0 bridgehead atoms. The SMILES string of the molecule is COc1ccc(-c2ccc(Cc3cc(C4OC(CO)C(O)C(O)C4O)ccc3C)cc2)cc1. The Hall–Kier alpha value is -2.74. The maximum absolute atomic E-state index is 10.5. The smallest absolute Gasteiger partial charge is 0.118 e. The molecule has 6 nitrogen and oxygen atoms in total. The normalized spacial score (nSPS) is 25.1. The van der Waals surface area contributed by atoms with Gasteiger partial charge >= 0.3 is 0 Å². The topological polar surface area (TPSA) is 99.4 Å². The highest BCUT2D eigenvalue weighted by molar-refractivity contribution is 5.64. The van der Waals surface area contributed by atoms with Crippen LogP contribution in [0.4, 0.5) is 0 Å². The molecule has 1 aliphatic heterocycles. The summed E-state index contributed by atoms with van der Waals surface area (Å²) in [5, 5.41) is 40.1. The maximum atomic E-state index is 10.5. The van der Waals surface area contributed by atoms with Crippen LogP contribution in [0.25, 0.3) is 11.1 Å². The number of aryl methyl sites for hydroxylation is 1. The molecule has 4 rings (SSSR count). The van der Waals surface area contributed by atoms with Gasteiger partial charge in [-0.2, -0.15) is 0 Å². The molecule has 0 aromatic heterocycles. The fraction of sp³-hybridized carbons (Fsp3) is 0.333. The molecule has 5 unspecified atom stereocenters. The molecular formula is C27H30O6. The fourth-order valence-electron chi connectivity index (χ4n) is 4.25. The molecule has 33 heavy (non-hydrogen) atoms. The van der Waals surface area contributed by atoms with E-state index >= 15 is 0 Å². The molecule has 4 N–H and O–H groups in total. The molecule has 1 fully saturated rings. The summed E-state index contributed by atoms with van der Waals surface area (Å²) in [5.41, 5.74) is 6.24. The Bertz CT molecular complexity index is 1060. The first-order valence-electron chi connectivity index (χ1n) is 11.0. The second kappa shape index (κ2) is 10.0. The van der Waals surface area contributed by atoms with E-state index in [0.29, 0.717) is 12.0 Å². The summed E-state index contributed by atoms with van der Waals surface area (Å²) >= 11 is 0. The van der Waals surface area contributed by atoms with Crippen LogP contribution in [0.3, 0.4) is 0 Å². The van der Waals surface area contributed by atoms with E-state index in [2.05, 4.69) is 24.3 Å². The lowest BCUT2D eigenvalue weighted by atomic mass is 9.89. The summed E-state index contributed by atoms with van der Waals surface area (Å²) in [5.74, 6) is 0.824. The van der Waals surface area contributed by atoms with Crippen LogP contribution in [-0.2, 0) is 11.2 Å². The summed E-state index contributed by atoms with van der Waals surface area (Å²) < 4.78 is 10.9. The van der Waals surface area contributed by atoms with Crippen molar-refractivity contribution < 1.29 is 29.9 Å². The summed E-state index contributed by atoms with van der Waals surface area (Å²) in [7, 11) is 1.65. The Labute approximate surface area is 193 Å². The molecule has 174 valence electrons. The van der Waals surface area contributed by atoms with Gasteiger partial charge in [-0.05, 0) is 58.9 Å². The van der Waals surface area contributed by atoms with Gasteiger partial charge in [-0.15, -0.1) is 0 Å². The van der Waals surface area contributed by atoms with E-state index in [1.165, 1.54) is 0 Å². The lowest BCUT2D eigenvalue weighted by Gasteiger charge is -2.40. The third-order valence-corrected chi connectivity index (χ3v) is 6.37. The largest absolute Gasteiger partial charge is 0.497 e. The molecule has 3 aromatic carbocycles. The van der Waals surface area contributed by atoms with Crippen molar-refractivity contribution in [3.63, 3.8) is 0 Å². The van der Waals surface area contributed by atoms with Gasteiger partial charge in [0.1, 0.15) is 36.3 Å². The molecule has 0 saturated carbocycles. The van der Waals surface area contributed by atoms with Crippen LogP contribution in [0.1, 0.15) is 28.4 Å². The molecule has 1 saturated heterocycles. The van der Waals surface area contributed by atoms with Crippen molar-refractivity contribution in [2.75, 3.05) is 13.7 Å². The predicted octanol–water partition coefficient (Wildman–Crippen LogP) is 2.78. The minimum atomic E-state index is -1.39. The van der Waals surface area contributed by atoms with Crippen molar-refractivity contribution in [3.8, 4) is 16.9 Å². The van der Waals surface area contributed by atoms with E-state index in [0.717, 1.165) is 33.6 Å². The van der Waals surface area contributed by atoms with Gasteiger partial charge in [0.15, 0.2) is 0 Å². The number of ether oxygens (including phenoxy) is 2. The van der Waals surface area contributed by atoms with E-state index < -0.39 is 37.1 Å². The Morgan fingerprint density at radius 1 is 0.818 bits per heavy atom. The van der Waals surface area contributed by atoms with Crippen molar-refractivity contribution >= 4 is 0 Å². The number of aliphatic hydroxyl groups excluding tert-OH is 4. The highest BCUT2D eigenvalue weighted by Crippen LogP contribution is 2.33. The lowest BCUT2D eigenvalue weighted by Crippen LogP contribution is -2.55. The summed E-state index contributed by atoms with van der Waals surface area (Å²) in [6.45, 7) is 1.58. The van der Waals surface area contributed by atoms with Crippen LogP contribution in [0.5, 0.6) is 5.75 Å². The fourth-order valence-corrected chi connectivity index (χ4v) is 4.25. The zero-order valence-corrected chi connectivity index (χ0v) is 18.8. The van der Waals surface area contributed by atoms with Crippen LogP contribution < -0.4 is 4.74 Å². The summed E-state index contributed by atoms with van der Waals surface area (Å²) in [6.07, 6.45) is -5.12. The number of benzene rings is 3. The van der Waals surface area contributed by atoms with E-state index in [1.54, 1.807) is 7.11 Å². The summed E-state index contributed by atoms with van der Waals surface area (Å²) in [6, 6.07) is 22.1. The molecule has 0 amide bonds. The lowest BCUT2D eigenvalue weighted by molar-refractivity contribution is -0.231. The van der Waals surface area contributed by atoms with E-state index in [1.807, 2.05) is 49.4 Å². The van der Waals surface area contributed by atoms with Crippen molar-refractivity contribution in [2.45, 2.75) is 43.9 Å². The van der Waals surface area contributed by atoms with Gasteiger partial charge in [-0.3, -0.25) is 0 Å². The van der Waals surface area contributed by atoms with Gasteiger partial charge in [-0.25, -0.2) is 0 Å². The first-order chi connectivity index (χ1) is 15.9. The van der Waals surface area contributed by atoms with Crippen LogP contribution in [0.2, 0.25) is 0 Å². The van der Waals surface area contributed by atoms with Gasteiger partial charge in [0.2, 0.25) is 0 Å². The van der Waals surface area contributed by atoms with Crippen LogP contribution in [0, 0.1) is 6.92 Å². The Morgan fingerprint density at radius 3 is 2.06 bits per heavy atom. The van der Waals surface area contributed by atoms with Gasteiger partial charge in [0.05, 0.1) is 13.7 Å². The van der Waals surface area contributed by atoms with E-state index in [-0.39, 0.29) is 0 Å². The monoisotopic (exact) mass is 450 g/mol. The molecule has 5 atom stereocenters. The number of rotatable bonds is 6. The Balaban J connectivity index is 1.53. The molecule has 3 aromatic rings. The maximum Gasteiger partial charge on any atom is 0.118 e. The zero-order chi connectivity index (χ0) is 23.5. The minimum absolute atomic E-state index is 0.444. The number of methoxy groups -OCH3 is 1. The predicted molar refractivity (Wildman–Crippen MR) is 125 cm³/mol. The van der Waals surface area contributed by atoms with Gasteiger partial charge in [0, 0.05) is 0 Å². The van der Waals surface area contributed by atoms with Crippen molar-refractivity contribution in [3.05, 3.63) is 89.0 Å². The molecule has 0 spiro atoms. The quantitative estimate of drug-likeness (QED) is 0.461. The standard InChI is InChI=1S/C27H30O6/c1-16-3-6-20(27-26(31)25(30)24(29)23(15-28)33-27)14-21(16)13-17-4-7-18(8-5-17)19-9-11-22(32-2)12-10-19/h3-12,14,23-31H,13,15H2,1-2H3. The Kier molecular flexibility index (Phi) is 7.12. The molecular weight excluding hydrogens is 420 g/mol. The van der Waals surface area contributed by atoms with Crippen molar-refractivity contribution in [2.24, 2.45) is 0 Å². The number of hydrogen-bond donors (Lipinski definition) is 4. The molecule has 1 heterocycles. The Morgan fingerprint density at radius 2 is 1.45 bits per heavy atom. The highest BCUT2D eigenvalue weighted by Gasteiger charge is 2.43. The highest BCUT2D eigenvalue weighted by atomic mass is 16.5.